The number of benzene rings is 2. The summed E-state index contributed by atoms with van der Waals surface area (Å²) < 4.78 is 1.70. The van der Waals surface area contributed by atoms with Crippen molar-refractivity contribution in [2.75, 3.05) is 0 Å². The molecule has 0 atom stereocenters. The summed E-state index contributed by atoms with van der Waals surface area (Å²) in [6.45, 7) is 4.86. The predicted octanol–water partition coefficient (Wildman–Crippen LogP) is 4.47. The largest absolute Gasteiger partial charge is 0.291 e. The Hall–Kier alpha value is -2.92. The second-order valence-electron chi connectivity index (χ2n) is 6.55. The monoisotopic (exact) mass is 380 g/mol. The number of hydrazone groups is 1. The van der Waals surface area contributed by atoms with E-state index in [2.05, 4.69) is 41.6 Å². The molecule has 0 bridgehead atoms. The smallest absolute Gasteiger partial charge is 0.268 e. The molecule has 0 spiro atoms. The molecule has 0 aliphatic carbocycles. The van der Waals surface area contributed by atoms with Crippen LogP contribution >= 0.6 is 11.6 Å². The molecule has 27 heavy (non-hydrogen) atoms. The molecule has 0 saturated carbocycles. The second kappa shape index (κ2) is 8.64. The number of aromatic nitrogens is 2. The Morgan fingerprint density at radius 2 is 1.85 bits per heavy atom. The molecule has 1 heterocycles. The summed E-state index contributed by atoms with van der Waals surface area (Å²) in [5, 5.41) is 8.98. The Bertz CT molecular complexity index is 928. The van der Waals surface area contributed by atoms with Gasteiger partial charge in [0.1, 0.15) is 0 Å². The normalized spacial score (nSPS) is 11.3. The van der Waals surface area contributed by atoms with Crippen molar-refractivity contribution in [1.29, 1.82) is 0 Å². The van der Waals surface area contributed by atoms with Crippen LogP contribution in [0.15, 0.2) is 65.9 Å². The molecule has 5 nitrogen and oxygen atoms in total. The van der Waals surface area contributed by atoms with Gasteiger partial charge in [-0.15, -0.1) is 0 Å². The molecule has 0 aliphatic heterocycles. The molecule has 3 rings (SSSR count). The summed E-state index contributed by atoms with van der Waals surface area (Å²) in [6.07, 6.45) is 3.38. The van der Waals surface area contributed by atoms with Gasteiger partial charge in [-0.1, -0.05) is 61.8 Å². The fourth-order valence-electron chi connectivity index (χ4n) is 2.54. The molecule has 1 aromatic heterocycles. The van der Waals surface area contributed by atoms with Crippen molar-refractivity contribution in [2.45, 2.75) is 26.3 Å². The minimum Gasteiger partial charge on any atom is -0.268 e. The van der Waals surface area contributed by atoms with Gasteiger partial charge in [0.25, 0.3) is 5.91 Å². The number of amides is 1. The maximum atomic E-state index is 12.2. The van der Waals surface area contributed by atoms with E-state index in [0.717, 1.165) is 11.1 Å². The predicted molar refractivity (Wildman–Crippen MR) is 108 cm³/mol. The van der Waals surface area contributed by atoms with E-state index in [-0.39, 0.29) is 5.91 Å². The Morgan fingerprint density at radius 1 is 1.15 bits per heavy atom. The van der Waals surface area contributed by atoms with Gasteiger partial charge in [0.05, 0.1) is 12.8 Å². The first-order chi connectivity index (χ1) is 13.0. The van der Waals surface area contributed by atoms with E-state index in [0.29, 0.717) is 23.2 Å². The summed E-state index contributed by atoms with van der Waals surface area (Å²) in [6, 6.07) is 17.3. The van der Waals surface area contributed by atoms with Gasteiger partial charge in [-0.3, -0.25) is 9.48 Å². The molecule has 2 aromatic carbocycles. The van der Waals surface area contributed by atoms with Crippen LogP contribution in [0, 0.1) is 0 Å². The van der Waals surface area contributed by atoms with E-state index in [4.69, 9.17) is 11.6 Å². The van der Waals surface area contributed by atoms with Crippen molar-refractivity contribution in [1.82, 2.24) is 15.2 Å². The highest BCUT2D eigenvalue weighted by atomic mass is 35.5. The molecular formula is C21H21ClN4O. The van der Waals surface area contributed by atoms with E-state index in [1.807, 2.05) is 36.4 Å². The minimum atomic E-state index is -0.347. The summed E-state index contributed by atoms with van der Waals surface area (Å²) in [7, 11) is 0. The van der Waals surface area contributed by atoms with Gasteiger partial charge in [-0.25, -0.2) is 5.43 Å². The second-order valence-corrected chi connectivity index (χ2v) is 6.98. The van der Waals surface area contributed by atoms with E-state index in [1.54, 1.807) is 23.2 Å². The van der Waals surface area contributed by atoms with Crippen LogP contribution in [0.2, 0.25) is 5.02 Å². The minimum absolute atomic E-state index is 0.316. The Balaban J connectivity index is 1.56. The zero-order valence-electron chi connectivity index (χ0n) is 15.3. The van der Waals surface area contributed by atoms with Crippen LogP contribution < -0.4 is 5.43 Å². The number of rotatable bonds is 6. The number of carbonyl (C=O) groups is 1. The first kappa shape index (κ1) is 18.9. The lowest BCUT2D eigenvalue weighted by Gasteiger charge is -2.04. The van der Waals surface area contributed by atoms with Crippen molar-refractivity contribution in [3.8, 4) is 0 Å². The maximum absolute atomic E-state index is 12.2. The third kappa shape index (κ3) is 5.28. The molecule has 3 aromatic rings. The molecular weight excluding hydrogens is 360 g/mol. The molecule has 0 aliphatic rings. The van der Waals surface area contributed by atoms with E-state index < -0.39 is 0 Å². The van der Waals surface area contributed by atoms with Gasteiger partial charge in [0.2, 0.25) is 0 Å². The van der Waals surface area contributed by atoms with Crippen LogP contribution in [0.25, 0.3) is 0 Å². The number of hydrogen-bond acceptors (Lipinski definition) is 3. The van der Waals surface area contributed by atoms with Gasteiger partial charge < -0.3 is 0 Å². The van der Waals surface area contributed by atoms with Crippen molar-refractivity contribution in [3.63, 3.8) is 0 Å². The third-order valence-corrected chi connectivity index (χ3v) is 4.37. The molecule has 0 saturated heterocycles. The molecule has 0 radical (unpaired) electrons. The lowest BCUT2D eigenvalue weighted by molar-refractivity contribution is 0.0949. The van der Waals surface area contributed by atoms with Crippen LogP contribution in [0.1, 0.15) is 46.9 Å². The number of carbonyl (C=O) groups excluding carboxylic acids is 1. The van der Waals surface area contributed by atoms with Gasteiger partial charge in [0.15, 0.2) is 5.69 Å². The number of halogens is 1. The highest BCUT2D eigenvalue weighted by molar-refractivity contribution is 6.30. The van der Waals surface area contributed by atoms with Crippen LogP contribution in [0.5, 0.6) is 0 Å². The summed E-state index contributed by atoms with van der Waals surface area (Å²) in [5.41, 5.74) is 6.07. The summed E-state index contributed by atoms with van der Waals surface area (Å²) in [4.78, 5) is 12.2. The standard InChI is InChI=1S/C21H21ClN4O/c1-15(2)18-7-3-16(4-8-18)13-23-24-21(27)20-11-12-26(25-20)14-17-5-9-19(22)10-6-17/h3-13,15H,14H2,1-2H3,(H,24,27)/b23-13+. The molecule has 0 unspecified atom stereocenters. The average molecular weight is 381 g/mol. The van der Waals surface area contributed by atoms with E-state index in [9.17, 15) is 4.79 Å². The first-order valence-electron chi connectivity index (χ1n) is 8.72. The zero-order chi connectivity index (χ0) is 19.2. The van der Waals surface area contributed by atoms with Crippen molar-refractivity contribution >= 4 is 23.7 Å². The van der Waals surface area contributed by atoms with Crippen molar-refractivity contribution < 1.29 is 4.79 Å². The highest BCUT2D eigenvalue weighted by Gasteiger charge is 2.08. The summed E-state index contributed by atoms with van der Waals surface area (Å²) >= 11 is 5.89. The van der Waals surface area contributed by atoms with Crippen LogP contribution in [0.3, 0.4) is 0 Å². The fourth-order valence-corrected chi connectivity index (χ4v) is 2.66. The third-order valence-electron chi connectivity index (χ3n) is 4.11. The van der Waals surface area contributed by atoms with Crippen LogP contribution in [0.4, 0.5) is 0 Å². The average Bonchev–Trinajstić information content (AvgIpc) is 3.12. The highest BCUT2D eigenvalue weighted by Crippen LogP contribution is 2.14. The topological polar surface area (TPSA) is 59.3 Å². The molecule has 1 N–H and O–H groups in total. The number of nitrogens with zero attached hydrogens (tertiary/aromatic N) is 3. The zero-order valence-corrected chi connectivity index (χ0v) is 16.0. The molecule has 6 heteroatoms. The van der Waals surface area contributed by atoms with Crippen molar-refractivity contribution in [3.05, 3.63) is 88.2 Å². The first-order valence-corrected chi connectivity index (χ1v) is 9.10. The summed E-state index contributed by atoms with van der Waals surface area (Å²) in [5.74, 6) is 0.138. The Morgan fingerprint density at radius 3 is 2.52 bits per heavy atom. The van der Waals surface area contributed by atoms with Crippen LogP contribution in [-0.4, -0.2) is 21.9 Å². The van der Waals surface area contributed by atoms with Gasteiger partial charge in [0, 0.05) is 11.2 Å². The van der Waals surface area contributed by atoms with Crippen molar-refractivity contribution in [2.24, 2.45) is 5.10 Å². The SMILES string of the molecule is CC(C)c1ccc(/C=N/NC(=O)c2ccn(Cc3ccc(Cl)cc3)n2)cc1. The molecule has 138 valence electrons. The van der Waals surface area contributed by atoms with Gasteiger partial charge in [-0.2, -0.15) is 10.2 Å². The van der Waals surface area contributed by atoms with E-state index >= 15 is 0 Å². The molecule has 0 fully saturated rings. The number of nitrogens with one attached hydrogen (secondary N) is 1. The van der Waals surface area contributed by atoms with Crippen LogP contribution in [-0.2, 0) is 6.54 Å². The van der Waals surface area contributed by atoms with Gasteiger partial charge in [-0.05, 0) is 40.8 Å². The lowest BCUT2D eigenvalue weighted by Crippen LogP contribution is -2.18. The maximum Gasteiger partial charge on any atom is 0.291 e. The lowest BCUT2D eigenvalue weighted by atomic mass is 10.0. The fraction of sp³-hybridized carbons (Fsp3) is 0.190. The Labute approximate surface area is 163 Å². The quantitative estimate of drug-likeness (QED) is 0.506. The molecule has 1 amide bonds. The Kier molecular flexibility index (Phi) is 6.04. The number of hydrogen-bond donors (Lipinski definition) is 1. The van der Waals surface area contributed by atoms with Gasteiger partial charge >= 0.3 is 0 Å². The van der Waals surface area contributed by atoms with E-state index in [1.165, 1.54) is 5.56 Å².